The molecule has 0 radical (unpaired) electrons. The summed E-state index contributed by atoms with van der Waals surface area (Å²) in [7, 11) is -3.53. The van der Waals surface area contributed by atoms with E-state index in [1.807, 2.05) is 6.07 Å². The third-order valence-corrected chi connectivity index (χ3v) is 4.12. The molecule has 24 heavy (non-hydrogen) atoms. The SMILES string of the molecule is CS(=O)(=O)c1ccc(F)c(NC(=O)COc2ccccc2C#N)c1. The Morgan fingerprint density at radius 1 is 1.29 bits per heavy atom. The standard InChI is InChI=1S/C16H13FN2O4S/c1-24(21,22)12-6-7-13(17)14(8-12)19-16(20)10-23-15-5-3-2-4-11(15)9-18/h2-8H,10H2,1H3,(H,19,20). The number of nitrogens with zero attached hydrogens (tertiary/aromatic N) is 1. The van der Waals surface area contributed by atoms with Crippen LogP contribution in [0.3, 0.4) is 0 Å². The minimum Gasteiger partial charge on any atom is -0.482 e. The first-order valence-corrected chi connectivity index (χ1v) is 8.62. The number of hydrogen-bond donors (Lipinski definition) is 1. The lowest BCUT2D eigenvalue weighted by molar-refractivity contribution is -0.118. The van der Waals surface area contributed by atoms with Crippen molar-refractivity contribution in [2.75, 3.05) is 18.2 Å². The maximum absolute atomic E-state index is 13.7. The minimum absolute atomic E-state index is 0.116. The second kappa shape index (κ2) is 7.10. The zero-order chi connectivity index (χ0) is 17.7. The van der Waals surface area contributed by atoms with Crippen LogP contribution >= 0.6 is 0 Å². The van der Waals surface area contributed by atoms with Crippen LogP contribution in [0.15, 0.2) is 47.4 Å². The van der Waals surface area contributed by atoms with Gasteiger partial charge in [0.1, 0.15) is 17.6 Å². The number of rotatable bonds is 5. The Morgan fingerprint density at radius 3 is 2.67 bits per heavy atom. The Kier molecular flexibility index (Phi) is 5.16. The number of para-hydroxylation sites is 1. The lowest BCUT2D eigenvalue weighted by Gasteiger charge is -2.10. The molecule has 0 aromatic heterocycles. The van der Waals surface area contributed by atoms with Gasteiger partial charge in [-0.1, -0.05) is 12.1 Å². The van der Waals surface area contributed by atoms with E-state index in [-0.39, 0.29) is 21.9 Å². The molecule has 0 aliphatic carbocycles. The summed E-state index contributed by atoms with van der Waals surface area (Å²) in [4.78, 5) is 11.7. The highest BCUT2D eigenvalue weighted by Crippen LogP contribution is 2.20. The van der Waals surface area contributed by atoms with Crippen LogP contribution in [0, 0.1) is 17.1 Å². The molecule has 0 unspecified atom stereocenters. The summed E-state index contributed by atoms with van der Waals surface area (Å²) in [5, 5.41) is 11.2. The molecule has 124 valence electrons. The van der Waals surface area contributed by atoms with Crippen LogP contribution in [-0.4, -0.2) is 27.2 Å². The molecule has 2 rings (SSSR count). The number of carbonyl (C=O) groups excluding carboxylic acids is 1. The highest BCUT2D eigenvalue weighted by atomic mass is 32.2. The quantitative estimate of drug-likeness (QED) is 0.835. The van der Waals surface area contributed by atoms with Gasteiger partial charge in [0.15, 0.2) is 16.4 Å². The van der Waals surface area contributed by atoms with Crippen LogP contribution < -0.4 is 10.1 Å². The second-order valence-corrected chi connectivity index (χ2v) is 6.87. The number of sulfone groups is 1. The normalized spacial score (nSPS) is 10.7. The predicted molar refractivity (Wildman–Crippen MR) is 84.8 cm³/mol. The van der Waals surface area contributed by atoms with Crippen LogP contribution in [0.4, 0.5) is 10.1 Å². The first-order valence-electron chi connectivity index (χ1n) is 6.72. The van der Waals surface area contributed by atoms with Crippen molar-refractivity contribution in [3.8, 4) is 11.8 Å². The molecular weight excluding hydrogens is 335 g/mol. The largest absolute Gasteiger partial charge is 0.482 e. The van der Waals surface area contributed by atoms with E-state index < -0.39 is 28.2 Å². The van der Waals surface area contributed by atoms with Crippen molar-refractivity contribution in [2.24, 2.45) is 0 Å². The molecule has 0 aliphatic heterocycles. The Labute approximate surface area is 138 Å². The molecule has 2 aromatic carbocycles. The molecule has 0 aliphatic rings. The number of ether oxygens (including phenoxy) is 1. The van der Waals surface area contributed by atoms with Crippen LogP contribution in [0.5, 0.6) is 5.75 Å². The van der Waals surface area contributed by atoms with E-state index in [4.69, 9.17) is 10.00 Å². The van der Waals surface area contributed by atoms with Gasteiger partial charge in [0.2, 0.25) is 0 Å². The first-order chi connectivity index (χ1) is 11.3. The number of anilines is 1. The van der Waals surface area contributed by atoms with Crippen molar-refractivity contribution in [3.63, 3.8) is 0 Å². The van der Waals surface area contributed by atoms with Crippen LogP contribution in [-0.2, 0) is 14.6 Å². The van der Waals surface area contributed by atoms with Crippen molar-refractivity contribution in [1.29, 1.82) is 5.26 Å². The number of halogens is 1. The van der Waals surface area contributed by atoms with Crippen LogP contribution in [0.25, 0.3) is 0 Å². The van der Waals surface area contributed by atoms with Gasteiger partial charge in [0.05, 0.1) is 16.1 Å². The Balaban J connectivity index is 2.09. The lowest BCUT2D eigenvalue weighted by Crippen LogP contribution is -2.21. The van der Waals surface area contributed by atoms with Crippen molar-refractivity contribution < 1.29 is 22.3 Å². The minimum atomic E-state index is -3.53. The van der Waals surface area contributed by atoms with Gasteiger partial charge >= 0.3 is 0 Å². The molecule has 0 atom stereocenters. The molecule has 0 saturated carbocycles. The van der Waals surface area contributed by atoms with Gasteiger partial charge in [-0.15, -0.1) is 0 Å². The number of nitrogens with one attached hydrogen (secondary N) is 1. The topological polar surface area (TPSA) is 96.3 Å². The summed E-state index contributed by atoms with van der Waals surface area (Å²) >= 11 is 0. The molecule has 1 amide bonds. The summed E-state index contributed by atoms with van der Waals surface area (Å²) < 4.78 is 41.9. The van der Waals surface area contributed by atoms with Gasteiger partial charge in [0, 0.05) is 6.26 Å². The van der Waals surface area contributed by atoms with E-state index >= 15 is 0 Å². The third-order valence-electron chi connectivity index (χ3n) is 3.01. The average molecular weight is 348 g/mol. The molecule has 0 spiro atoms. The maximum Gasteiger partial charge on any atom is 0.262 e. The molecule has 0 heterocycles. The fourth-order valence-corrected chi connectivity index (χ4v) is 2.49. The molecule has 2 aromatic rings. The van der Waals surface area contributed by atoms with Gasteiger partial charge < -0.3 is 10.1 Å². The first kappa shape index (κ1) is 17.4. The molecular formula is C16H13FN2O4S. The summed E-state index contributed by atoms with van der Waals surface area (Å²) in [6.45, 7) is -0.457. The summed E-state index contributed by atoms with van der Waals surface area (Å²) in [5.41, 5.74) is -0.00403. The molecule has 0 saturated heterocycles. The van der Waals surface area contributed by atoms with Crippen molar-refractivity contribution in [3.05, 3.63) is 53.8 Å². The third kappa shape index (κ3) is 4.30. The molecule has 6 nitrogen and oxygen atoms in total. The summed E-state index contributed by atoms with van der Waals surface area (Å²) in [6, 6.07) is 11.4. The highest BCUT2D eigenvalue weighted by molar-refractivity contribution is 7.90. The van der Waals surface area contributed by atoms with Crippen molar-refractivity contribution in [1.82, 2.24) is 0 Å². The van der Waals surface area contributed by atoms with Crippen molar-refractivity contribution >= 4 is 21.4 Å². The van der Waals surface area contributed by atoms with E-state index in [1.165, 1.54) is 12.1 Å². The zero-order valence-corrected chi connectivity index (χ0v) is 13.4. The number of carbonyl (C=O) groups is 1. The summed E-state index contributed by atoms with van der Waals surface area (Å²) in [5.74, 6) is -1.24. The van der Waals surface area contributed by atoms with E-state index in [0.717, 1.165) is 24.5 Å². The van der Waals surface area contributed by atoms with Gasteiger partial charge in [-0.2, -0.15) is 5.26 Å². The second-order valence-electron chi connectivity index (χ2n) is 4.86. The zero-order valence-electron chi connectivity index (χ0n) is 12.6. The number of hydrogen-bond acceptors (Lipinski definition) is 5. The number of nitriles is 1. The van der Waals surface area contributed by atoms with E-state index in [0.29, 0.717) is 0 Å². The Hall–Kier alpha value is -2.92. The Morgan fingerprint density at radius 2 is 2.00 bits per heavy atom. The van der Waals surface area contributed by atoms with Gasteiger partial charge in [0.25, 0.3) is 5.91 Å². The molecule has 0 fully saturated rings. The highest BCUT2D eigenvalue weighted by Gasteiger charge is 2.14. The van der Waals surface area contributed by atoms with Gasteiger partial charge in [-0.05, 0) is 30.3 Å². The van der Waals surface area contributed by atoms with Gasteiger partial charge in [-0.3, -0.25) is 4.79 Å². The van der Waals surface area contributed by atoms with E-state index in [9.17, 15) is 17.6 Å². The van der Waals surface area contributed by atoms with Crippen molar-refractivity contribution in [2.45, 2.75) is 4.90 Å². The fourth-order valence-electron chi connectivity index (χ4n) is 1.85. The molecule has 8 heteroatoms. The number of benzene rings is 2. The monoisotopic (exact) mass is 348 g/mol. The Bertz CT molecular complexity index is 920. The van der Waals surface area contributed by atoms with Crippen LogP contribution in [0.1, 0.15) is 5.56 Å². The summed E-state index contributed by atoms with van der Waals surface area (Å²) in [6.07, 6.45) is 0.980. The lowest BCUT2D eigenvalue weighted by atomic mass is 10.2. The maximum atomic E-state index is 13.7. The van der Waals surface area contributed by atoms with Gasteiger partial charge in [-0.25, -0.2) is 12.8 Å². The number of amides is 1. The molecule has 1 N–H and O–H groups in total. The van der Waals surface area contributed by atoms with Crippen LogP contribution in [0.2, 0.25) is 0 Å². The average Bonchev–Trinajstić information content (AvgIpc) is 2.54. The smallest absolute Gasteiger partial charge is 0.262 e. The fraction of sp³-hybridized carbons (Fsp3) is 0.125. The van der Waals surface area contributed by atoms with E-state index in [2.05, 4.69) is 5.32 Å². The predicted octanol–water partition coefficient (Wildman–Crippen LogP) is 2.12. The molecule has 0 bridgehead atoms. The van der Waals surface area contributed by atoms with E-state index in [1.54, 1.807) is 12.1 Å².